The van der Waals surface area contributed by atoms with E-state index in [0.29, 0.717) is 12.4 Å². The molecule has 0 spiro atoms. The molecule has 0 heterocycles. The van der Waals surface area contributed by atoms with Crippen molar-refractivity contribution in [2.45, 2.75) is 44.9 Å². The van der Waals surface area contributed by atoms with E-state index in [1.807, 2.05) is 0 Å². The lowest BCUT2D eigenvalue weighted by atomic mass is 10.1. The molecule has 0 aliphatic heterocycles. The second kappa shape index (κ2) is 10.5. The van der Waals surface area contributed by atoms with E-state index in [1.54, 1.807) is 18.2 Å². The standard InChI is InChI=1S/C15H23NO3S/c17-16(18)14-10-6-7-11-15(14)19-12-8-4-2-1-3-5-9-13-20/h6-7,10-11,20H,1-5,8-9,12-13H2. The summed E-state index contributed by atoms with van der Waals surface area (Å²) in [6.07, 6.45) is 8.23. The van der Waals surface area contributed by atoms with Gasteiger partial charge in [-0.15, -0.1) is 0 Å². The summed E-state index contributed by atoms with van der Waals surface area (Å²) in [5.74, 6) is 1.34. The number of nitro benzene ring substituents is 1. The van der Waals surface area contributed by atoms with Gasteiger partial charge in [0.25, 0.3) is 0 Å². The summed E-state index contributed by atoms with van der Waals surface area (Å²) < 4.78 is 5.49. The van der Waals surface area contributed by atoms with Gasteiger partial charge < -0.3 is 4.74 Å². The summed E-state index contributed by atoms with van der Waals surface area (Å²) in [7, 11) is 0. The molecule has 5 heteroatoms. The molecule has 112 valence electrons. The zero-order valence-electron chi connectivity index (χ0n) is 11.8. The Morgan fingerprint density at radius 2 is 1.60 bits per heavy atom. The van der Waals surface area contributed by atoms with E-state index in [9.17, 15) is 10.1 Å². The maximum Gasteiger partial charge on any atom is 0.310 e. The van der Waals surface area contributed by atoms with Crippen molar-refractivity contribution >= 4 is 18.3 Å². The van der Waals surface area contributed by atoms with Gasteiger partial charge in [0.1, 0.15) is 0 Å². The van der Waals surface area contributed by atoms with E-state index < -0.39 is 4.92 Å². The fourth-order valence-corrected chi connectivity index (χ4v) is 2.23. The molecule has 0 saturated carbocycles. The number of benzene rings is 1. The van der Waals surface area contributed by atoms with Gasteiger partial charge in [0.05, 0.1) is 11.5 Å². The lowest BCUT2D eigenvalue weighted by Gasteiger charge is -2.06. The Labute approximate surface area is 126 Å². The van der Waals surface area contributed by atoms with Crippen molar-refractivity contribution in [3.8, 4) is 5.75 Å². The molecule has 0 amide bonds. The Morgan fingerprint density at radius 3 is 2.25 bits per heavy atom. The highest BCUT2D eigenvalue weighted by molar-refractivity contribution is 7.80. The van der Waals surface area contributed by atoms with Crippen LogP contribution in [0.1, 0.15) is 44.9 Å². The smallest absolute Gasteiger partial charge is 0.310 e. The van der Waals surface area contributed by atoms with Gasteiger partial charge in [0.15, 0.2) is 5.75 Å². The van der Waals surface area contributed by atoms with E-state index in [1.165, 1.54) is 38.2 Å². The van der Waals surface area contributed by atoms with E-state index in [4.69, 9.17) is 4.74 Å². The molecular formula is C15H23NO3S. The Hall–Kier alpha value is -1.23. The average molecular weight is 297 g/mol. The summed E-state index contributed by atoms with van der Waals surface area (Å²) in [5.41, 5.74) is 0.0410. The first-order valence-electron chi connectivity index (χ1n) is 7.23. The number of rotatable bonds is 11. The van der Waals surface area contributed by atoms with Crippen LogP contribution in [0, 0.1) is 10.1 Å². The number of unbranched alkanes of at least 4 members (excludes halogenated alkanes) is 6. The summed E-state index contributed by atoms with van der Waals surface area (Å²) >= 11 is 4.18. The fraction of sp³-hybridized carbons (Fsp3) is 0.600. The Morgan fingerprint density at radius 1 is 1.00 bits per heavy atom. The van der Waals surface area contributed by atoms with Gasteiger partial charge in [0, 0.05) is 6.07 Å². The number of hydrogen-bond donors (Lipinski definition) is 1. The first-order chi connectivity index (χ1) is 9.75. The zero-order valence-corrected chi connectivity index (χ0v) is 12.7. The van der Waals surface area contributed by atoms with Crippen LogP contribution in [0.4, 0.5) is 5.69 Å². The van der Waals surface area contributed by atoms with E-state index in [0.717, 1.165) is 18.6 Å². The van der Waals surface area contributed by atoms with Gasteiger partial charge in [-0.2, -0.15) is 12.6 Å². The monoisotopic (exact) mass is 297 g/mol. The molecule has 0 bridgehead atoms. The van der Waals surface area contributed by atoms with E-state index in [-0.39, 0.29) is 5.69 Å². The maximum absolute atomic E-state index is 10.8. The summed E-state index contributed by atoms with van der Waals surface area (Å²) in [6.45, 7) is 0.543. The van der Waals surface area contributed by atoms with Crippen LogP contribution >= 0.6 is 12.6 Å². The predicted molar refractivity (Wildman–Crippen MR) is 84.8 cm³/mol. The largest absolute Gasteiger partial charge is 0.487 e. The van der Waals surface area contributed by atoms with Crippen LogP contribution in [0.2, 0.25) is 0 Å². The van der Waals surface area contributed by atoms with E-state index >= 15 is 0 Å². The molecule has 1 rings (SSSR count). The molecular weight excluding hydrogens is 274 g/mol. The molecule has 0 saturated heterocycles. The van der Waals surface area contributed by atoms with Crippen LogP contribution < -0.4 is 4.74 Å². The minimum atomic E-state index is -0.406. The molecule has 0 aliphatic carbocycles. The molecule has 0 N–H and O–H groups in total. The Kier molecular flexibility index (Phi) is 8.87. The van der Waals surface area contributed by atoms with Crippen LogP contribution in [0.25, 0.3) is 0 Å². The summed E-state index contributed by atoms with van der Waals surface area (Å²) in [5, 5.41) is 10.8. The lowest BCUT2D eigenvalue weighted by Crippen LogP contribution is -2.00. The number of thiol groups is 1. The fourth-order valence-electron chi connectivity index (χ4n) is 2.01. The first kappa shape index (κ1) is 16.8. The third-order valence-corrected chi connectivity index (χ3v) is 3.44. The summed E-state index contributed by atoms with van der Waals surface area (Å²) in [6, 6.07) is 6.52. The lowest BCUT2D eigenvalue weighted by molar-refractivity contribution is -0.385. The zero-order chi connectivity index (χ0) is 14.6. The van der Waals surface area contributed by atoms with Crippen molar-refractivity contribution in [2.75, 3.05) is 12.4 Å². The molecule has 0 fully saturated rings. The normalized spacial score (nSPS) is 10.4. The highest BCUT2D eigenvalue weighted by atomic mass is 32.1. The topological polar surface area (TPSA) is 52.4 Å². The molecule has 0 radical (unpaired) electrons. The molecule has 0 atom stereocenters. The molecule has 4 nitrogen and oxygen atoms in total. The molecule has 0 unspecified atom stereocenters. The van der Waals surface area contributed by atoms with Crippen LogP contribution in [0.15, 0.2) is 24.3 Å². The molecule has 0 aromatic heterocycles. The quantitative estimate of drug-likeness (QED) is 0.280. The number of nitro groups is 1. The Balaban J connectivity index is 2.11. The van der Waals surface area contributed by atoms with Crippen molar-refractivity contribution < 1.29 is 9.66 Å². The molecule has 20 heavy (non-hydrogen) atoms. The van der Waals surface area contributed by atoms with Gasteiger partial charge in [-0.3, -0.25) is 10.1 Å². The Bertz CT molecular complexity index is 398. The number of hydrogen-bond acceptors (Lipinski definition) is 4. The maximum atomic E-state index is 10.8. The number of para-hydroxylation sites is 2. The molecule has 1 aromatic rings. The number of nitrogens with zero attached hydrogens (tertiary/aromatic N) is 1. The average Bonchev–Trinajstić information content (AvgIpc) is 2.46. The van der Waals surface area contributed by atoms with Gasteiger partial charge in [-0.25, -0.2) is 0 Å². The second-order valence-corrected chi connectivity index (χ2v) is 5.22. The second-order valence-electron chi connectivity index (χ2n) is 4.77. The van der Waals surface area contributed by atoms with Crippen molar-refractivity contribution in [2.24, 2.45) is 0 Å². The van der Waals surface area contributed by atoms with Gasteiger partial charge in [-0.05, 0) is 24.7 Å². The van der Waals surface area contributed by atoms with Crippen molar-refractivity contribution in [3.63, 3.8) is 0 Å². The van der Waals surface area contributed by atoms with Crippen LogP contribution in [0.5, 0.6) is 5.75 Å². The number of ether oxygens (including phenoxy) is 1. The van der Waals surface area contributed by atoms with Crippen LogP contribution in [-0.4, -0.2) is 17.3 Å². The van der Waals surface area contributed by atoms with Crippen LogP contribution in [0.3, 0.4) is 0 Å². The van der Waals surface area contributed by atoms with Crippen molar-refractivity contribution in [3.05, 3.63) is 34.4 Å². The summed E-state index contributed by atoms with van der Waals surface area (Å²) in [4.78, 5) is 10.4. The minimum absolute atomic E-state index is 0.0410. The highest BCUT2D eigenvalue weighted by Crippen LogP contribution is 2.25. The third kappa shape index (κ3) is 6.80. The van der Waals surface area contributed by atoms with Gasteiger partial charge in [0.2, 0.25) is 0 Å². The predicted octanol–water partition coefficient (Wildman–Crippen LogP) is 4.63. The SMILES string of the molecule is O=[N+]([O-])c1ccccc1OCCCCCCCCCS. The first-order valence-corrected chi connectivity index (χ1v) is 7.86. The highest BCUT2D eigenvalue weighted by Gasteiger charge is 2.12. The molecule has 1 aromatic carbocycles. The van der Waals surface area contributed by atoms with Gasteiger partial charge in [-0.1, -0.05) is 44.2 Å². The molecule has 0 aliphatic rings. The van der Waals surface area contributed by atoms with Gasteiger partial charge >= 0.3 is 5.69 Å². The third-order valence-electron chi connectivity index (χ3n) is 3.12. The van der Waals surface area contributed by atoms with Crippen molar-refractivity contribution in [1.29, 1.82) is 0 Å². The minimum Gasteiger partial charge on any atom is -0.487 e. The van der Waals surface area contributed by atoms with Crippen LogP contribution in [-0.2, 0) is 0 Å². The van der Waals surface area contributed by atoms with Crippen molar-refractivity contribution in [1.82, 2.24) is 0 Å². The van der Waals surface area contributed by atoms with E-state index in [2.05, 4.69) is 12.6 Å².